The Morgan fingerprint density at radius 3 is 2.72 bits per heavy atom. The van der Waals surface area contributed by atoms with Crippen molar-refractivity contribution in [1.29, 1.82) is 0 Å². The average molecular weight is 252 g/mol. The van der Waals surface area contributed by atoms with Gasteiger partial charge >= 0.3 is 0 Å². The van der Waals surface area contributed by atoms with Gasteiger partial charge in [-0.15, -0.1) is 0 Å². The van der Waals surface area contributed by atoms with Crippen molar-refractivity contribution in [3.8, 4) is 0 Å². The molecule has 0 bridgehead atoms. The van der Waals surface area contributed by atoms with Gasteiger partial charge < -0.3 is 15.4 Å². The number of piperidine rings is 1. The molecule has 0 aromatic rings. The normalized spacial score (nSPS) is 38.9. The van der Waals surface area contributed by atoms with Crippen molar-refractivity contribution < 1.29 is 9.53 Å². The molecule has 0 aromatic carbocycles. The van der Waals surface area contributed by atoms with Crippen molar-refractivity contribution in [3.05, 3.63) is 0 Å². The molecule has 2 heterocycles. The quantitative estimate of drug-likeness (QED) is 0.768. The van der Waals surface area contributed by atoms with E-state index < -0.39 is 0 Å². The summed E-state index contributed by atoms with van der Waals surface area (Å²) < 4.78 is 5.76. The highest BCUT2D eigenvalue weighted by atomic mass is 16.5. The molecule has 3 aliphatic rings. The standard InChI is InChI=1S/C14H24N2O2/c1-14(2)11(10-5-8-18-12(10)14)16-13(17)9-3-6-15-7-4-9/h9-12,15H,3-8H2,1-2H3,(H,16,17)/t10-,11-,12+/m1/s1. The highest BCUT2D eigenvalue weighted by molar-refractivity contribution is 5.79. The van der Waals surface area contributed by atoms with E-state index in [-0.39, 0.29) is 17.2 Å². The van der Waals surface area contributed by atoms with E-state index in [1.807, 2.05) is 0 Å². The Kier molecular flexibility index (Phi) is 3.10. The summed E-state index contributed by atoms with van der Waals surface area (Å²) >= 11 is 0. The summed E-state index contributed by atoms with van der Waals surface area (Å²) in [5.74, 6) is 1.02. The van der Waals surface area contributed by atoms with Crippen LogP contribution in [0.25, 0.3) is 0 Å². The molecule has 0 aromatic heterocycles. The molecule has 2 aliphatic heterocycles. The zero-order valence-corrected chi connectivity index (χ0v) is 11.4. The number of amides is 1. The van der Waals surface area contributed by atoms with Gasteiger partial charge in [-0.2, -0.15) is 0 Å². The molecule has 1 aliphatic carbocycles. The lowest BCUT2D eigenvalue weighted by Gasteiger charge is -2.54. The van der Waals surface area contributed by atoms with Crippen LogP contribution in [0.3, 0.4) is 0 Å². The molecule has 2 N–H and O–H groups in total. The van der Waals surface area contributed by atoms with Crippen LogP contribution in [0.4, 0.5) is 0 Å². The predicted molar refractivity (Wildman–Crippen MR) is 69.2 cm³/mol. The molecular formula is C14H24N2O2. The maximum Gasteiger partial charge on any atom is 0.223 e. The molecule has 102 valence electrons. The molecule has 3 atom stereocenters. The second kappa shape index (κ2) is 4.49. The second-order valence-electron chi connectivity index (χ2n) is 6.58. The van der Waals surface area contributed by atoms with Gasteiger partial charge in [0.1, 0.15) is 0 Å². The Bertz CT molecular complexity index is 337. The fourth-order valence-electron chi connectivity index (χ4n) is 3.97. The highest BCUT2D eigenvalue weighted by Crippen LogP contribution is 2.52. The van der Waals surface area contributed by atoms with Crippen LogP contribution in [0.1, 0.15) is 33.1 Å². The van der Waals surface area contributed by atoms with Gasteiger partial charge in [0.2, 0.25) is 5.91 Å². The summed E-state index contributed by atoms with van der Waals surface area (Å²) in [6.07, 6.45) is 3.41. The van der Waals surface area contributed by atoms with E-state index in [0.717, 1.165) is 39.0 Å². The fourth-order valence-corrected chi connectivity index (χ4v) is 3.97. The van der Waals surface area contributed by atoms with Crippen molar-refractivity contribution in [1.82, 2.24) is 10.6 Å². The third-order valence-electron chi connectivity index (χ3n) is 5.11. The molecule has 0 radical (unpaired) electrons. The Hall–Kier alpha value is -0.610. The lowest BCUT2D eigenvalue weighted by Crippen LogP contribution is -2.67. The Labute approximate surface area is 109 Å². The fraction of sp³-hybridized carbons (Fsp3) is 0.929. The van der Waals surface area contributed by atoms with Gasteiger partial charge in [-0.25, -0.2) is 0 Å². The van der Waals surface area contributed by atoms with E-state index >= 15 is 0 Å². The summed E-state index contributed by atoms with van der Waals surface area (Å²) in [7, 11) is 0. The van der Waals surface area contributed by atoms with E-state index in [0.29, 0.717) is 18.1 Å². The van der Waals surface area contributed by atoms with Crippen molar-refractivity contribution in [2.45, 2.75) is 45.3 Å². The molecule has 1 saturated carbocycles. The van der Waals surface area contributed by atoms with E-state index in [2.05, 4.69) is 24.5 Å². The zero-order valence-electron chi connectivity index (χ0n) is 11.4. The molecule has 3 fully saturated rings. The van der Waals surface area contributed by atoms with Crippen molar-refractivity contribution in [2.24, 2.45) is 17.3 Å². The predicted octanol–water partition coefficient (Wildman–Crippen LogP) is 0.916. The minimum Gasteiger partial charge on any atom is -0.377 e. The summed E-state index contributed by atoms with van der Waals surface area (Å²) in [5.41, 5.74) is 0.101. The SMILES string of the molecule is CC1(C)[C@H](NC(=O)C2CCNCC2)[C@H]2CCO[C@@H]21. The van der Waals surface area contributed by atoms with E-state index in [9.17, 15) is 4.79 Å². The second-order valence-corrected chi connectivity index (χ2v) is 6.58. The molecule has 2 saturated heterocycles. The van der Waals surface area contributed by atoms with Crippen LogP contribution < -0.4 is 10.6 Å². The first-order chi connectivity index (χ1) is 8.60. The topological polar surface area (TPSA) is 50.4 Å². The average Bonchev–Trinajstić information content (AvgIpc) is 2.83. The number of carbonyl (C=O) groups is 1. The first-order valence-corrected chi connectivity index (χ1v) is 7.23. The smallest absolute Gasteiger partial charge is 0.223 e. The Balaban J connectivity index is 1.60. The number of hydrogen-bond acceptors (Lipinski definition) is 3. The molecule has 4 heteroatoms. The summed E-state index contributed by atoms with van der Waals surface area (Å²) in [5, 5.41) is 6.61. The number of hydrogen-bond donors (Lipinski definition) is 2. The van der Waals surface area contributed by atoms with Gasteiger partial charge in [-0.05, 0) is 32.4 Å². The number of ether oxygens (including phenoxy) is 1. The van der Waals surface area contributed by atoms with Crippen LogP contribution in [0, 0.1) is 17.3 Å². The van der Waals surface area contributed by atoms with Crippen molar-refractivity contribution in [2.75, 3.05) is 19.7 Å². The van der Waals surface area contributed by atoms with Gasteiger partial charge in [-0.3, -0.25) is 4.79 Å². The number of rotatable bonds is 2. The lowest BCUT2D eigenvalue weighted by molar-refractivity contribution is -0.141. The van der Waals surface area contributed by atoms with Crippen LogP contribution in [0.2, 0.25) is 0 Å². The third kappa shape index (κ3) is 1.86. The van der Waals surface area contributed by atoms with Gasteiger partial charge in [-0.1, -0.05) is 13.8 Å². The molecule has 1 amide bonds. The number of nitrogens with one attached hydrogen (secondary N) is 2. The molecule has 0 unspecified atom stereocenters. The largest absolute Gasteiger partial charge is 0.377 e. The van der Waals surface area contributed by atoms with Gasteiger partial charge in [0, 0.05) is 29.9 Å². The van der Waals surface area contributed by atoms with Crippen molar-refractivity contribution in [3.63, 3.8) is 0 Å². The highest BCUT2D eigenvalue weighted by Gasteiger charge is 2.59. The van der Waals surface area contributed by atoms with E-state index in [1.165, 1.54) is 0 Å². The third-order valence-corrected chi connectivity index (χ3v) is 5.11. The van der Waals surface area contributed by atoms with Crippen molar-refractivity contribution >= 4 is 5.91 Å². The van der Waals surface area contributed by atoms with Crippen LogP contribution >= 0.6 is 0 Å². The first-order valence-electron chi connectivity index (χ1n) is 7.23. The molecule has 0 spiro atoms. The number of fused-ring (bicyclic) bond motifs is 1. The maximum absolute atomic E-state index is 12.3. The molecule has 4 nitrogen and oxygen atoms in total. The minimum atomic E-state index is 0.101. The summed E-state index contributed by atoms with van der Waals surface area (Å²) in [6.45, 7) is 7.24. The van der Waals surface area contributed by atoms with E-state index in [4.69, 9.17) is 4.74 Å². The molecular weight excluding hydrogens is 228 g/mol. The van der Waals surface area contributed by atoms with Gasteiger partial charge in [0.05, 0.1) is 6.10 Å². The summed E-state index contributed by atoms with van der Waals surface area (Å²) in [4.78, 5) is 12.3. The lowest BCUT2D eigenvalue weighted by atomic mass is 9.57. The van der Waals surface area contributed by atoms with Crippen LogP contribution in [0.5, 0.6) is 0 Å². The molecule has 18 heavy (non-hydrogen) atoms. The Morgan fingerprint density at radius 2 is 2.00 bits per heavy atom. The first kappa shape index (κ1) is 12.4. The van der Waals surface area contributed by atoms with Crippen LogP contribution in [0.15, 0.2) is 0 Å². The van der Waals surface area contributed by atoms with E-state index in [1.54, 1.807) is 0 Å². The number of carbonyl (C=O) groups excluding carboxylic acids is 1. The van der Waals surface area contributed by atoms with Gasteiger partial charge in [0.15, 0.2) is 0 Å². The van der Waals surface area contributed by atoms with Gasteiger partial charge in [0.25, 0.3) is 0 Å². The zero-order chi connectivity index (χ0) is 12.8. The van der Waals surface area contributed by atoms with Crippen LogP contribution in [-0.2, 0) is 9.53 Å². The monoisotopic (exact) mass is 252 g/mol. The molecule has 3 rings (SSSR count). The van der Waals surface area contributed by atoms with Crippen LogP contribution in [-0.4, -0.2) is 37.7 Å². The Morgan fingerprint density at radius 1 is 1.28 bits per heavy atom. The summed E-state index contributed by atoms with van der Waals surface area (Å²) in [6, 6.07) is 0.312. The maximum atomic E-state index is 12.3. The minimum absolute atomic E-state index is 0.101.